The zero-order chi connectivity index (χ0) is 21.5. The van der Waals surface area contributed by atoms with Crippen molar-refractivity contribution in [2.45, 2.75) is 31.0 Å². The lowest BCUT2D eigenvalue weighted by Gasteiger charge is -2.34. The number of ether oxygens (including phenoxy) is 1. The zero-order valence-corrected chi connectivity index (χ0v) is 18.0. The highest BCUT2D eigenvalue weighted by molar-refractivity contribution is 7.89. The van der Waals surface area contributed by atoms with Crippen LogP contribution < -0.4 is 5.32 Å². The van der Waals surface area contributed by atoms with Gasteiger partial charge in [0.2, 0.25) is 10.0 Å². The van der Waals surface area contributed by atoms with Crippen LogP contribution in [0.4, 0.5) is 9.52 Å². The summed E-state index contributed by atoms with van der Waals surface area (Å²) < 4.78 is 47.1. The topological polar surface area (TPSA) is 88.6 Å². The molecule has 30 heavy (non-hydrogen) atoms. The first-order valence-corrected chi connectivity index (χ1v) is 11.6. The number of benzene rings is 2. The van der Waals surface area contributed by atoms with Crippen LogP contribution in [0.2, 0.25) is 0 Å². The van der Waals surface area contributed by atoms with E-state index in [1.165, 1.54) is 46.8 Å². The van der Waals surface area contributed by atoms with E-state index in [4.69, 9.17) is 4.74 Å². The summed E-state index contributed by atoms with van der Waals surface area (Å²) in [5.41, 5.74) is 0.763. The third kappa shape index (κ3) is 4.22. The molecule has 0 bridgehead atoms. The number of nitrogens with zero attached hydrogens (tertiary/aromatic N) is 2. The predicted octanol–water partition coefficient (Wildman–Crippen LogP) is 3.49. The summed E-state index contributed by atoms with van der Waals surface area (Å²) in [5, 5.41) is 2.97. The average Bonchev–Trinajstić information content (AvgIpc) is 3.08. The average molecular weight is 450 g/mol. The first kappa shape index (κ1) is 20.9. The van der Waals surface area contributed by atoms with E-state index in [0.717, 1.165) is 11.3 Å². The van der Waals surface area contributed by atoms with Crippen molar-refractivity contribution in [3.8, 4) is 0 Å². The van der Waals surface area contributed by atoms with Gasteiger partial charge in [-0.3, -0.25) is 10.1 Å². The smallest absolute Gasteiger partial charge is 0.257 e. The number of aromatic nitrogens is 1. The fourth-order valence-electron chi connectivity index (χ4n) is 3.40. The number of carbonyl (C=O) groups excluding carboxylic acids is 1. The van der Waals surface area contributed by atoms with Gasteiger partial charge < -0.3 is 4.74 Å². The molecular formula is C20H20FN3O4S2. The highest BCUT2D eigenvalue weighted by Gasteiger charge is 2.32. The molecule has 10 heteroatoms. The molecule has 1 saturated heterocycles. The number of morpholine rings is 1. The van der Waals surface area contributed by atoms with Crippen LogP contribution in [0.5, 0.6) is 0 Å². The van der Waals surface area contributed by atoms with Crippen LogP contribution in [0.1, 0.15) is 24.2 Å². The number of anilines is 1. The van der Waals surface area contributed by atoms with E-state index in [-0.39, 0.29) is 41.6 Å². The molecule has 1 amide bonds. The Morgan fingerprint density at radius 1 is 1.20 bits per heavy atom. The molecule has 0 saturated carbocycles. The summed E-state index contributed by atoms with van der Waals surface area (Å²) in [6.07, 6.45) is -0.419. The highest BCUT2D eigenvalue weighted by atomic mass is 32.2. The molecule has 2 heterocycles. The summed E-state index contributed by atoms with van der Waals surface area (Å²) in [7, 11) is -3.76. The molecule has 1 aromatic heterocycles. The van der Waals surface area contributed by atoms with Crippen molar-refractivity contribution in [1.29, 1.82) is 0 Å². The van der Waals surface area contributed by atoms with Crippen LogP contribution in [-0.2, 0) is 14.8 Å². The van der Waals surface area contributed by atoms with E-state index in [1.54, 1.807) is 0 Å². The normalized spacial score (nSPS) is 20.4. The van der Waals surface area contributed by atoms with Gasteiger partial charge in [-0.2, -0.15) is 4.31 Å². The van der Waals surface area contributed by atoms with E-state index in [2.05, 4.69) is 10.3 Å². The number of amides is 1. The molecule has 0 aliphatic carbocycles. The number of thiazole rings is 1. The van der Waals surface area contributed by atoms with Crippen molar-refractivity contribution < 1.29 is 22.3 Å². The number of rotatable bonds is 4. The lowest BCUT2D eigenvalue weighted by molar-refractivity contribution is -0.0440. The van der Waals surface area contributed by atoms with Crippen molar-refractivity contribution in [1.82, 2.24) is 9.29 Å². The SMILES string of the molecule is C[C@@H]1CN(S(=O)(=O)c2cccc(C(=O)Nc3nc4ccc(F)cc4s3)c2)C[C@@H](C)O1. The van der Waals surface area contributed by atoms with Crippen molar-refractivity contribution in [3.05, 3.63) is 53.8 Å². The fraction of sp³-hybridized carbons (Fsp3) is 0.300. The monoisotopic (exact) mass is 449 g/mol. The van der Waals surface area contributed by atoms with Gasteiger partial charge in [0.1, 0.15) is 5.82 Å². The number of hydrogen-bond acceptors (Lipinski definition) is 6. The van der Waals surface area contributed by atoms with Gasteiger partial charge in [-0.05, 0) is 50.2 Å². The molecule has 7 nitrogen and oxygen atoms in total. The van der Waals surface area contributed by atoms with Crippen LogP contribution in [0, 0.1) is 5.82 Å². The number of sulfonamides is 1. The van der Waals surface area contributed by atoms with Crippen LogP contribution >= 0.6 is 11.3 Å². The quantitative estimate of drug-likeness (QED) is 0.659. The Balaban J connectivity index is 1.56. The van der Waals surface area contributed by atoms with E-state index in [1.807, 2.05) is 13.8 Å². The maximum Gasteiger partial charge on any atom is 0.257 e. The summed E-state index contributed by atoms with van der Waals surface area (Å²) in [5.74, 6) is -0.871. The Morgan fingerprint density at radius 3 is 2.67 bits per heavy atom. The molecule has 0 spiro atoms. The Kier molecular flexibility index (Phi) is 5.58. The second-order valence-electron chi connectivity index (χ2n) is 7.19. The number of halogens is 1. The molecule has 1 fully saturated rings. The van der Waals surface area contributed by atoms with Crippen LogP contribution in [-0.4, -0.2) is 48.9 Å². The van der Waals surface area contributed by atoms with E-state index < -0.39 is 15.9 Å². The van der Waals surface area contributed by atoms with Gasteiger partial charge in [0.15, 0.2) is 5.13 Å². The van der Waals surface area contributed by atoms with E-state index in [0.29, 0.717) is 15.3 Å². The molecule has 1 aliphatic rings. The maximum atomic E-state index is 13.4. The van der Waals surface area contributed by atoms with Gasteiger partial charge in [0, 0.05) is 18.7 Å². The molecule has 1 aliphatic heterocycles. The molecule has 3 aromatic rings. The largest absolute Gasteiger partial charge is 0.373 e. The van der Waals surface area contributed by atoms with Gasteiger partial charge in [-0.15, -0.1) is 0 Å². The van der Waals surface area contributed by atoms with E-state index in [9.17, 15) is 17.6 Å². The van der Waals surface area contributed by atoms with Gasteiger partial charge in [-0.1, -0.05) is 17.4 Å². The number of nitrogens with one attached hydrogen (secondary N) is 1. The standard InChI is InChI=1S/C20H20FN3O4S2/c1-12-10-24(11-13(2)28-12)30(26,27)16-5-3-4-14(8-16)19(25)23-20-22-17-7-6-15(21)9-18(17)29-20/h3-9,12-13H,10-11H2,1-2H3,(H,22,23,25)/t12-,13-/m1/s1. The minimum atomic E-state index is -3.76. The maximum absolute atomic E-state index is 13.4. The molecule has 0 radical (unpaired) electrons. The second-order valence-corrected chi connectivity index (χ2v) is 10.2. The lowest BCUT2D eigenvalue weighted by Crippen LogP contribution is -2.48. The van der Waals surface area contributed by atoms with Crippen LogP contribution in [0.3, 0.4) is 0 Å². The van der Waals surface area contributed by atoms with Gasteiger partial charge >= 0.3 is 0 Å². The number of carbonyl (C=O) groups is 1. The summed E-state index contributed by atoms with van der Waals surface area (Å²) in [6, 6.07) is 10.1. The van der Waals surface area contributed by atoms with Gasteiger partial charge in [0.05, 0.1) is 27.3 Å². The van der Waals surface area contributed by atoms with Crippen molar-refractivity contribution in [2.24, 2.45) is 0 Å². The van der Waals surface area contributed by atoms with Crippen molar-refractivity contribution in [3.63, 3.8) is 0 Å². The second kappa shape index (κ2) is 8.03. The molecule has 1 N–H and O–H groups in total. The third-order valence-electron chi connectivity index (χ3n) is 4.69. The lowest BCUT2D eigenvalue weighted by atomic mass is 10.2. The summed E-state index contributed by atoms with van der Waals surface area (Å²) >= 11 is 1.14. The van der Waals surface area contributed by atoms with Gasteiger partial charge in [0.25, 0.3) is 5.91 Å². The van der Waals surface area contributed by atoms with Crippen LogP contribution in [0.25, 0.3) is 10.2 Å². The Hall–Kier alpha value is -2.40. The van der Waals surface area contributed by atoms with Crippen molar-refractivity contribution in [2.75, 3.05) is 18.4 Å². The number of hydrogen-bond donors (Lipinski definition) is 1. The fourth-order valence-corrected chi connectivity index (χ4v) is 5.92. The predicted molar refractivity (Wildman–Crippen MR) is 113 cm³/mol. The summed E-state index contributed by atoms with van der Waals surface area (Å²) in [4.78, 5) is 17.0. The Bertz CT molecular complexity index is 1200. The third-order valence-corrected chi connectivity index (χ3v) is 7.45. The summed E-state index contributed by atoms with van der Waals surface area (Å²) in [6.45, 7) is 4.16. The van der Waals surface area contributed by atoms with Gasteiger partial charge in [-0.25, -0.2) is 17.8 Å². The molecule has 2 aromatic carbocycles. The zero-order valence-electron chi connectivity index (χ0n) is 16.3. The van der Waals surface area contributed by atoms with Crippen LogP contribution in [0.15, 0.2) is 47.4 Å². The molecule has 158 valence electrons. The Labute approximate surface area is 177 Å². The first-order chi connectivity index (χ1) is 14.2. The molecule has 0 unspecified atom stereocenters. The number of fused-ring (bicyclic) bond motifs is 1. The minimum absolute atomic E-state index is 0.0443. The Morgan fingerprint density at radius 2 is 1.93 bits per heavy atom. The molecule has 4 rings (SSSR count). The van der Waals surface area contributed by atoms with Crippen molar-refractivity contribution >= 4 is 42.6 Å². The van der Waals surface area contributed by atoms with E-state index >= 15 is 0 Å². The molecular weight excluding hydrogens is 429 g/mol. The molecule has 2 atom stereocenters. The first-order valence-electron chi connectivity index (χ1n) is 9.35. The minimum Gasteiger partial charge on any atom is -0.373 e. The highest BCUT2D eigenvalue weighted by Crippen LogP contribution is 2.27.